The monoisotopic (exact) mass is 303 g/mol. The molecule has 7 heteroatoms. The quantitative estimate of drug-likeness (QED) is 0.787. The summed E-state index contributed by atoms with van der Waals surface area (Å²) in [5.74, 6) is -0.550. The van der Waals surface area contributed by atoms with Gasteiger partial charge >= 0.3 is 12.1 Å². The minimum atomic E-state index is -0.839. The van der Waals surface area contributed by atoms with E-state index in [-0.39, 0.29) is 13.0 Å². The normalized spacial score (nSPS) is 11.5. The van der Waals surface area contributed by atoms with Crippen LogP contribution in [0.25, 0.3) is 0 Å². The topological polar surface area (TPSA) is 93.3 Å². The summed E-state index contributed by atoms with van der Waals surface area (Å²) in [7, 11) is 1.26. The smallest absolute Gasteiger partial charge is 0.408 e. The molecule has 0 bridgehead atoms. The molecule has 1 aromatic carbocycles. The number of carbonyl (C=O) groups excluding carboxylic acids is 2. The fourth-order valence-electron chi connectivity index (χ4n) is 1.86. The number of hydrogen-bond acceptors (Lipinski definition) is 5. The number of benzene rings is 1. The fourth-order valence-corrected chi connectivity index (χ4v) is 1.86. The summed E-state index contributed by atoms with van der Waals surface area (Å²) in [5, 5.41) is 2.49. The number of carbonyl (C=O) groups is 2. The minimum Gasteiger partial charge on any atom is -0.467 e. The average molecular weight is 303 g/mol. The van der Waals surface area contributed by atoms with Gasteiger partial charge in [-0.25, -0.2) is 14.6 Å². The van der Waals surface area contributed by atoms with Crippen molar-refractivity contribution in [2.24, 2.45) is 0 Å². The Bertz CT molecular complexity index is 599. The van der Waals surface area contributed by atoms with E-state index in [0.29, 0.717) is 5.69 Å². The van der Waals surface area contributed by atoms with Gasteiger partial charge in [-0.2, -0.15) is 0 Å². The number of methoxy groups -OCH3 is 1. The molecular weight excluding hydrogens is 286 g/mol. The van der Waals surface area contributed by atoms with Crippen molar-refractivity contribution in [1.82, 2.24) is 15.3 Å². The molecule has 0 spiro atoms. The van der Waals surface area contributed by atoms with Crippen LogP contribution in [0.3, 0.4) is 0 Å². The van der Waals surface area contributed by atoms with Crippen molar-refractivity contribution in [1.29, 1.82) is 0 Å². The second-order valence-electron chi connectivity index (χ2n) is 4.56. The number of hydrogen-bond donors (Lipinski definition) is 2. The predicted molar refractivity (Wildman–Crippen MR) is 77.9 cm³/mol. The first-order valence-corrected chi connectivity index (χ1v) is 6.71. The highest BCUT2D eigenvalue weighted by atomic mass is 16.6. The molecular formula is C15H17N3O4. The molecule has 0 fully saturated rings. The summed E-state index contributed by atoms with van der Waals surface area (Å²) in [6, 6.07) is 8.43. The van der Waals surface area contributed by atoms with E-state index in [1.165, 1.54) is 13.4 Å². The standard InChI is InChI=1S/C15H17N3O4/c1-21-14(19)13(7-12-8-16-10-17-12)18-15(20)22-9-11-5-3-2-4-6-11/h2-6,8,10,13H,7,9H2,1H3,(H,16,17)(H,18,20)/t13-/m0/s1. The van der Waals surface area contributed by atoms with E-state index in [0.717, 1.165) is 5.56 Å². The van der Waals surface area contributed by atoms with E-state index in [2.05, 4.69) is 20.0 Å². The van der Waals surface area contributed by atoms with Crippen LogP contribution in [-0.4, -0.2) is 35.2 Å². The zero-order chi connectivity index (χ0) is 15.8. The SMILES string of the molecule is COC(=O)[C@H](Cc1cnc[nH]1)NC(=O)OCc1ccccc1. The highest BCUT2D eigenvalue weighted by molar-refractivity contribution is 5.81. The first-order chi connectivity index (χ1) is 10.7. The maximum atomic E-state index is 11.8. The van der Waals surface area contributed by atoms with Gasteiger partial charge in [-0.3, -0.25) is 0 Å². The molecule has 22 heavy (non-hydrogen) atoms. The van der Waals surface area contributed by atoms with E-state index in [1.807, 2.05) is 30.3 Å². The minimum absolute atomic E-state index is 0.130. The van der Waals surface area contributed by atoms with Crippen LogP contribution in [0, 0.1) is 0 Å². The molecule has 7 nitrogen and oxygen atoms in total. The lowest BCUT2D eigenvalue weighted by Gasteiger charge is -2.15. The number of rotatable bonds is 6. The molecule has 116 valence electrons. The van der Waals surface area contributed by atoms with Crippen molar-refractivity contribution in [3.05, 3.63) is 54.1 Å². The van der Waals surface area contributed by atoms with E-state index in [9.17, 15) is 9.59 Å². The Morgan fingerprint density at radius 3 is 2.73 bits per heavy atom. The van der Waals surface area contributed by atoms with E-state index in [4.69, 9.17) is 4.74 Å². The highest BCUT2D eigenvalue weighted by Crippen LogP contribution is 2.03. The summed E-state index contributed by atoms with van der Waals surface area (Å²) in [6.45, 7) is 0.130. The second-order valence-corrected chi connectivity index (χ2v) is 4.56. The van der Waals surface area contributed by atoms with Crippen LogP contribution in [0.2, 0.25) is 0 Å². The largest absolute Gasteiger partial charge is 0.467 e. The third-order valence-electron chi connectivity index (χ3n) is 2.97. The van der Waals surface area contributed by atoms with Gasteiger partial charge in [-0.15, -0.1) is 0 Å². The number of H-pyrrole nitrogens is 1. The molecule has 0 radical (unpaired) electrons. The van der Waals surface area contributed by atoms with Crippen LogP contribution in [-0.2, 0) is 27.3 Å². The number of esters is 1. The first-order valence-electron chi connectivity index (χ1n) is 6.71. The first kappa shape index (κ1) is 15.6. The number of amides is 1. The molecule has 1 atom stereocenters. The van der Waals surface area contributed by atoms with Crippen molar-refractivity contribution < 1.29 is 19.1 Å². The number of ether oxygens (including phenoxy) is 2. The number of aromatic nitrogens is 2. The zero-order valence-electron chi connectivity index (χ0n) is 12.1. The van der Waals surface area contributed by atoms with Gasteiger partial charge in [0.2, 0.25) is 0 Å². The zero-order valence-corrected chi connectivity index (χ0v) is 12.1. The Labute approximate surface area is 127 Å². The maximum absolute atomic E-state index is 11.8. The Morgan fingerprint density at radius 2 is 2.09 bits per heavy atom. The number of alkyl carbamates (subject to hydrolysis) is 1. The average Bonchev–Trinajstić information content (AvgIpc) is 3.05. The molecule has 0 saturated heterocycles. The predicted octanol–water partition coefficient (Wildman–Crippen LogP) is 1.42. The van der Waals surface area contributed by atoms with Crippen molar-refractivity contribution in [3.63, 3.8) is 0 Å². The number of aromatic amines is 1. The van der Waals surface area contributed by atoms with Crippen molar-refractivity contribution in [2.45, 2.75) is 19.1 Å². The van der Waals surface area contributed by atoms with Gasteiger partial charge in [0.05, 0.1) is 13.4 Å². The van der Waals surface area contributed by atoms with Gasteiger partial charge in [0.25, 0.3) is 0 Å². The van der Waals surface area contributed by atoms with Gasteiger partial charge in [0.15, 0.2) is 0 Å². The summed E-state index contributed by atoms with van der Waals surface area (Å²) >= 11 is 0. The number of nitrogens with zero attached hydrogens (tertiary/aromatic N) is 1. The van der Waals surface area contributed by atoms with Crippen LogP contribution < -0.4 is 5.32 Å². The molecule has 0 aliphatic carbocycles. The Balaban J connectivity index is 1.88. The lowest BCUT2D eigenvalue weighted by Crippen LogP contribution is -2.43. The van der Waals surface area contributed by atoms with Gasteiger partial charge in [-0.05, 0) is 5.56 Å². The second kappa shape index (κ2) is 7.82. The van der Waals surface area contributed by atoms with Crippen molar-refractivity contribution >= 4 is 12.1 Å². The van der Waals surface area contributed by atoms with Crippen LogP contribution in [0.1, 0.15) is 11.3 Å². The summed E-state index contributed by atoms with van der Waals surface area (Å²) in [6.07, 6.45) is 2.64. The van der Waals surface area contributed by atoms with Gasteiger partial charge in [0, 0.05) is 18.3 Å². The summed E-state index contributed by atoms with van der Waals surface area (Å²) in [5.41, 5.74) is 1.57. The molecule has 2 N–H and O–H groups in total. The van der Waals surface area contributed by atoms with Crippen LogP contribution in [0.4, 0.5) is 4.79 Å². The number of imidazole rings is 1. The van der Waals surface area contributed by atoms with Crippen LogP contribution in [0.5, 0.6) is 0 Å². The van der Waals surface area contributed by atoms with Gasteiger partial charge in [0.1, 0.15) is 12.6 Å². The number of nitrogens with one attached hydrogen (secondary N) is 2. The molecule has 1 aromatic heterocycles. The molecule has 0 aliphatic rings. The molecule has 1 heterocycles. The van der Waals surface area contributed by atoms with Crippen LogP contribution in [0.15, 0.2) is 42.9 Å². The Morgan fingerprint density at radius 1 is 1.32 bits per heavy atom. The fraction of sp³-hybridized carbons (Fsp3) is 0.267. The van der Waals surface area contributed by atoms with E-state index in [1.54, 1.807) is 6.20 Å². The lowest BCUT2D eigenvalue weighted by atomic mass is 10.2. The molecule has 0 unspecified atom stereocenters. The van der Waals surface area contributed by atoms with Gasteiger partial charge < -0.3 is 19.8 Å². The Hall–Kier alpha value is -2.83. The summed E-state index contributed by atoms with van der Waals surface area (Å²) < 4.78 is 9.77. The van der Waals surface area contributed by atoms with E-state index >= 15 is 0 Å². The third-order valence-corrected chi connectivity index (χ3v) is 2.97. The molecule has 1 amide bonds. The lowest BCUT2D eigenvalue weighted by molar-refractivity contribution is -0.143. The summed E-state index contributed by atoms with van der Waals surface area (Å²) in [4.78, 5) is 30.3. The van der Waals surface area contributed by atoms with Gasteiger partial charge in [-0.1, -0.05) is 30.3 Å². The van der Waals surface area contributed by atoms with Crippen LogP contribution >= 0.6 is 0 Å². The Kier molecular flexibility index (Phi) is 5.53. The molecule has 0 aliphatic heterocycles. The highest BCUT2D eigenvalue weighted by Gasteiger charge is 2.23. The van der Waals surface area contributed by atoms with Crippen molar-refractivity contribution in [2.75, 3.05) is 7.11 Å². The van der Waals surface area contributed by atoms with Crippen molar-refractivity contribution in [3.8, 4) is 0 Å². The molecule has 0 saturated carbocycles. The molecule has 2 aromatic rings. The van der Waals surface area contributed by atoms with E-state index < -0.39 is 18.1 Å². The third kappa shape index (κ3) is 4.62. The molecule has 2 rings (SSSR count). The maximum Gasteiger partial charge on any atom is 0.408 e.